The first-order chi connectivity index (χ1) is 9.45. The molecule has 20 heavy (non-hydrogen) atoms. The zero-order valence-corrected chi connectivity index (χ0v) is 12.8. The number of fused-ring (bicyclic) bond motifs is 1. The highest BCUT2D eigenvalue weighted by Gasteiger charge is 2.17. The summed E-state index contributed by atoms with van der Waals surface area (Å²) in [6.45, 7) is 9.84. The van der Waals surface area contributed by atoms with Crippen LogP contribution in [0.4, 0.5) is 5.82 Å². The fourth-order valence-electron chi connectivity index (χ4n) is 2.38. The Labute approximate surface area is 119 Å². The van der Waals surface area contributed by atoms with Gasteiger partial charge in [-0.3, -0.25) is 0 Å². The Bertz CT molecular complexity index is 618. The summed E-state index contributed by atoms with van der Waals surface area (Å²) in [5, 5.41) is 0. The Hall–Kier alpha value is -1.66. The van der Waals surface area contributed by atoms with E-state index < -0.39 is 0 Å². The summed E-state index contributed by atoms with van der Waals surface area (Å²) in [7, 11) is 1.60. The van der Waals surface area contributed by atoms with Crippen molar-refractivity contribution in [3.8, 4) is 0 Å². The molecule has 2 aromatic heterocycles. The van der Waals surface area contributed by atoms with E-state index in [2.05, 4.69) is 40.8 Å². The Morgan fingerprint density at radius 3 is 2.60 bits per heavy atom. The molecule has 6 nitrogen and oxygen atoms in total. The number of hydrogen-bond donors (Lipinski definition) is 2. The molecule has 3 N–H and O–H groups in total. The molecule has 0 aliphatic heterocycles. The Morgan fingerprint density at radius 1 is 1.30 bits per heavy atom. The van der Waals surface area contributed by atoms with E-state index in [1.165, 1.54) is 0 Å². The highest BCUT2D eigenvalue weighted by Crippen LogP contribution is 2.26. The standard InChI is InChI=1S/C14H23N5O/c1-8(2)7-19-11(6-16-20-5)18-12-13(19)9(3)10(4)17-14(12)15/h8,16H,6-7H2,1-5H3,(H2,15,17). The van der Waals surface area contributed by atoms with Crippen LogP contribution in [-0.2, 0) is 17.9 Å². The van der Waals surface area contributed by atoms with Crippen LogP contribution in [0.2, 0.25) is 0 Å². The van der Waals surface area contributed by atoms with Crippen LogP contribution in [0.5, 0.6) is 0 Å². The zero-order chi connectivity index (χ0) is 14.9. The van der Waals surface area contributed by atoms with Crippen LogP contribution in [0.25, 0.3) is 11.0 Å². The number of pyridine rings is 1. The molecule has 0 fully saturated rings. The number of nitrogens with zero attached hydrogens (tertiary/aromatic N) is 3. The van der Waals surface area contributed by atoms with Crippen molar-refractivity contribution >= 4 is 16.9 Å². The number of hydroxylamine groups is 1. The molecule has 110 valence electrons. The number of imidazole rings is 1. The maximum absolute atomic E-state index is 6.03. The minimum atomic E-state index is 0.490. The van der Waals surface area contributed by atoms with Crippen LogP contribution in [0.3, 0.4) is 0 Å². The van der Waals surface area contributed by atoms with Gasteiger partial charge >= 0.3 is 0 Å². The summed E-state index contributed by atoms with van der Waals surface area (Å²) >= 11 is 0. The predicted molar refractivity (Wildman–Crippen MR) is 80.1 cm³/mol. The molecule has 2 heterocycles. The highest BCUT2D eigenvalue weighted by atomic mass is 16.6. The van der Waals surface area contributed by atoms with E-state index in [0.717, 1.165) is 34.7 Å². The van der Waals surface area contributed by atoms with Crippen LogP contribution in [0.1, 0.15) is 30.9 Å². The highest BCUT2D eigenvalue weighted by molar-refractivity contribution is 5.88. The van der Waals surface area contributed by atoms with Crippen molar-refractivity contribution in [3.05, 3.63) is 17.1 Å². The van der Waals surface area contributed by atoms with Gasteiger partial charge in [-0.15, -0.1) is 0 Å². The second-order valence-electron chi connectivity index (χ2n) is 5.46. The van der Waals surface area contributed by atoms with Crippen molar-refractivity contribution in [2.45, 2.75) is 40.8 Å². The molecular weight excluding hydrogens is 254 g/mol. The van der Waals surface area contributed by atoms with Crippen LogP contribution in [0.15, 0.2) is 0 Å². The molecule has 6 heteroatoms. The average Bonchev–Trinajstić information content (AvgIpc) is 2.72. The van der Waals surface area contributed by atoms with Gasteiger partial charge in [0, 0.05) is 12.2 Å². The SMILES string of the molecule is CONCc1nc2c(N)nc(C)c(C)c2n1CC(C)C. The Morgan fingerprint density at radius 2 is 2.00 bits per heavy atom. The molecule has 0 radical (unpaired) electrons. The number of nitrogens with one attached hydrogen (secondary N) is 1. The van der Waals surface area contributed by atoms with E-state index >= 15 is 0 Å². The summed E-state index contributed by atoms with van der Waals surface area (Å²) in [4.78, 5) is 13.9. The van der Waals surface area contributed by atoms with Gasteiger partial charge in [0.2, 0.25) is 0 Å². The first-order valence-electron chi connectivity index (χ1n) is 6.83. The van der Waals surface area contributed by atoms with Crippen molar-refractivity contribution < 1.29 is 4.84 Å². The third-order valence-corrected chi connectivity index (χ3v) is 3.40. The zero-order valence-electron chi connectivity index (χ0n) is 12.8. The minimum absolute atomic E-state index is 0.490. The summed E-state index contributed by atoms with van der Waals surface area (Å²) in [6, 6.07) is 0. The molecule has 2 aromatic rings. The lowest BCUT2D eigenvalue weighted by Gasteiger charge is -2.13. The first kappa shape index (κ1) is 14.7. The van der Waals surface area contributed by atoms with Crippen molar-refractivity contribution in [1.29, 1.82) is 0 Å². The smallest absolute Gasteiger partial charge is 0.151 e. The topological polar surface area (TPSA) is 78.0 Å². The van der Waals surface area contributed by atoms with Crippen LogP contribution >= 0.6 is 0 Å². The van der Waals surface area contributed by atoms with Crippen molar-refractivity contribution in [2.24, 2.45) is 5.92 Å². The maximum atomic E-state index is 6.03. The van der Waals surface area contributed by atoms with Crippen LogP contribution < -0.4 is 11.2 Å². The van der Waals surface area contributed by atoms with Gasteiger partial charge in [0.25, 0.3) is 0 Å². The van der Waals surface area contributed by atoms with Crippen molar-refractivity contribution in [1.82, 2.24) is 20.0 Å². The number of aromatic nitrogens is 3. The van der Waals surface area contributed by atoms with E-state index in [1.54, 1.807) is 7.11 Å². The lowest BCUT2D eigenvalue weighted by molar-refractivity contribution is 0.0840. The molecule has 0 aromatic carbocycles. The molecule has 0 saturated carbocycles. The number of aryl methyl sites for hydroxylation is 2. The summed E-state index contributed by atoms with van der Waals surface area (Å²) < 4.78 is 2.21. The van der Waals surface area contributed by atoms with Gasteiger partial charge in [0.1, 0.15) is 11.3 Å². The van der Waals surface area contributed by atoms with Gasteiger partial charge in [0.15, 0.2) is 5.82 Å². The van der Waals surface area contributed by atoms with E-state index in [-0.39, 0.29) is 0 Å². The minimum Gasteiger partial charge on any atom is -0.382 e. The molecule has 0 bridgehead atoms. The number of nitrogen functional groups attached to an aromatic ring is 1. The van der Waals surface area contributed by atoms with Crippen molar-refractivity contribution in [2.75, 3.05) is 12.8 Å². The number of anilines is 1. The molecule has 0 unspecified atom stereocenters. The molecule has 0 aliphatic rings. The van der Waals surface area contributed by atoms with Gasteiger partial charge in [0.05, 0.1) is 19.2 Å². The van der Waals surface area contributed by atoms with Gasteiger partial charge in [-0.25, -0.2) is 9.97 Å². The molecule has 0 aliphatic carbocycles. The van der Waals surface area contributed by atoms with E-state index in [4.69, 9.17) is 10.6 Å². The monoisotopic (exact) mass is 277 g/mol. The van der Waals surface area contributed by atoms with Gasteiger partial charge < -0.3 is 15.1 Å². The largest absolute Gasteiger partial charge is 0.382 e. The van der Waals surface area contributed by atoms with Crippen LogP contribution in [-0.4, -0.2) is 21.6 Å². The normalized spacial score (nSPS) is 11.7. The van der Waals surface area contributed by atoms with E-state index in [9.17, 15) is 0 Å². The predicted octanol–water partition coefficient (Wildman–Crippen LogP) is 1.94. The van der Waals surface area contributed by atoms with Gasteiger partial charge in [-0.2, -0.15) is 5.48 Å². The van der Waals surface area contributed by atoms with Crippen LogP contribution in [0, 0.1) is 19.8 Å². The fraction of sp³-hybridized carbons (Fsp3) is 0.571. The summed E-state index contributed by atoms with van der Waals surface area (Å²) in [6.07, 6.45) is 0. The molecular formula is C14H23N5O. The average molecular weight is 277 g/mol. The van der Waals surface area contributed by atoms with E-state index in [0.29, 0.717) is 18.3 Å². The molecule has 0 amide bonds. The third-order valence-electron chi connectivity index (χ3n) is 3.40. The number of rotatable bonds is 5. The molecule has 0 saturated heterocycles. The Balaban J connectivity index is 2.66. The fourth-order valence-corrected chi connectivity index (χ4v) is 2.38. The maximum Gasteiger partial charge on any atom is 0.151 e. The first-order valence-corrected chi connectivity index (χ1v) is 6.83. The lowest BCUT2D eigenvalue weighted by Crippen LogP contribution is -2.17. The Kier molecular flexibility index (Phi) is 4.25. The number of nitrogens with two attached hydrogens (primary N) is 1. The van der Waals surface area contributed by atoms with Gasteiger partial charge in [-0.05, 0) is 25.3 Å². The van der Waals surface area contributed by atoms with E-state index in [1.807, 2.05) is 6.92 Å². The van der Waals surface area contributed by atoms with Gasteiger partial charge in [-0.1, -0.05) is 13.8 Å². The van der Waals surface area contributed by atoms with Crippen molar-refractivity contribution in [3.63, 3.8) is 0 Å². The quantitative estimate of drug-likeness (QED) is 0.817. The second-order valence-corrected chi connectivity index (χ2v) is 5.46. The third kappa shape index (κ3) is 2.62. The molecule has 0 spiro atoms. The summed E-state index contributed by atoms with van der Waals surface area (Å²) in [5.74, 6) is 1.92. The summed E-state index contributed by atoms with van der Waals surface area (Å²) in [5.41, 5.74) is 12.8. The molecule has 2 rings (SSSR count). The lowest BCUT2D eigenvalue weighted by atomic mass is 10.1. The number of hydrogen-bond acceptors (Lipinski definition) is 5. The molecule has 0 atom stereocenters. The second kappa shape index (κ2) is 5.76.